The summed E-state index contributed by atoms with van der Waals surface area (Å²) in [6, 6.07) is 7.45. The van der Waals surface area contributed by atoms with Crippen LogP contribution < -0.4 is 15.3 Å². The molecular formula is C25H32ClN6O7P. The second-order valence-corrected chi connectivity index (χ2v) is 11.8. The number of nitrogens with two attached hydrogens (primary N) is 1. The van der Waals surface area contributed by atoms with Crippen molar-refractivity contribution in [2.75, 3.05) is 12.3 Å². The number of anilines is 1. The third-order valence-corrected chi connectivity index (χ3v) is 8.75. The minimum atomic E-state index is -4.20. The van der Waals surface area contributed by atoms with Crippen molar-refractivity contribution in [1.82, 2.24) is 24.6 Å². The molecule has 3 aromatic rings. The molecule has 3 heterocycles. The van der Waals surface area contributed by atoms with Crippen LogP contribution in [0.25, 0.3) is 11.2 Å². The van der Waals surface area contributed by atoms with Gasteiger partial charge in [-0.1, -0.05) is 24.6 Å². The van der Waals surface area contributed by atoms with Gasteiger partial charge in [-0.15, -0.1) is 0 Å². The fourth-order valence-corrected chi connectivity index (χ4v) is 6.77. The van der Waals surface area contributed by atoms with E-state index in [-0.39, 0.29) is 29.4 Å². The molecule has 2 aliphatic rings. The van der Waals surface area contributed by atoms with E-state index in [2.05, 4.69) is 20.0 Å². The maximum atomic E-state index is 14.1. The highest BCUT2D eigenvalue weighted by atomic mass is 35.5. The number of carbonyl (C=O) groups excluding carboxylic acids is 1. The topological polar surface area (TPSA) is 173 Å². The molecule has 0 spiro atoms. The molecule has 40 heavy (non-hydrogen) atoms. The van der Waals surface area contributed by atoms with Gasteiger partial charge in [-0.2, -0.15) is 15.1 Å². The van der Waals surface area contributed by atoms with Crippen molar-refractivity contribution in [2.45, 2.75) is 76.0 Å². The molecule has 5 rings (SSSR count). The van der Waals surface area contributed by atoms with Crippen LogP contribution in [0.5, 0.6) is 5.75 Å². The van der Waals surface area contributed by atoms with E-state index in [0.717, 1.165) is 32.1 Å². The average molecular weight is 595 g/mol. The quantitative estimate of drug-likeness (QED) is 0.176. The number of ether oxygens (including phenoxy) is 2. The molecule has 2 fully saturated rings. The van der Waals surface area contributed by atoms with Crippen LogP contribution in [0.15, 0.2) is 36.7 Å². The molecule has 0 amide bonds. The van der Waals surface area contributed by atoms with Gasteiger partial charge in [0, 0.05) is 6.42 Å². The van der Waals surface area contributed by atoms with Crippen LogP contribution in [0.3, 0.4) is 0 Å². The Hall–Kier alpha value is -2.80. The molecule has 1 saturated carbocycles. The summed E-state index contributed by atoms with van der Waals surface area (Å²) < 4.78 is 39.2. The van der Waals surface area contributed by atoms with Gasteiger partial charge in [-0.05, 0) is 56.3 Å². The Kier molecular flexibility index (Phi) is 8.89. The number of benzene rings is 1. The summed E-state index contributed by atoms with van der Waals surface area (Å²) in [6.07, 6.45) is 3.68. The smallest absolute Gasteiger partial charge is 0.459 e. The van der Waals surface area contributed by atoms with Crippen LogP contribution >= 0.6 is 19.3 Å². The maximum absolute atomic E-state index is 14.1. The van der Waals surface area contributed by atoms with Crippen LogP contribution in [0.4, 0.5) is 5.82 Å². The Morgan fingerprint density at radius 3 is 2.75 bits per heavy atom. The van der Waals surface area contributed by atoms with Crippen molar-refractivity contribution in [3.63, 3.8) is 0 Å². The average Bonchev–Trinajstić information content (AvgIpc) is 3.53. The molecule has 5 atom stereocenters. The fraction of sp³-hybridized carbons (Fsp3) is 0.520. The second kappa shape index (κ2) is 12.4. The van der Waals surface area contributed by atoms with Crippen LogP contribution in [0.2, 0.25) is 5.28 Å². The summed E-state index contributed by atoms with van der Waals surface area (Å²) >= 11 is 6.00. The molecule has 1 aliphatic carbocycles. The predicted octanol–water partition coefficient (Wildman–Crippen LogP) is 3.77. The van der Waals surface area contributed by atoms with Gasteiger partial charge < -0.3 is 24.8 Å². The van der Waals surface area contributed by atoms with Gasteiger partial charge in [0.1, 0.15) is 41.8 Å². The number of nitrogens with one attached hydrogen (secondary N) is 1. The van der Waals surface area contributed by atoms with Gasteiger partial charge in [0.25, 0.3) is 0 Å². The first-order valence-corrected chi connectivity index (χ1v) is 15.1. The third kappa shape index (κ3) is 6.56. The number of hydrogen-bond acceptors (Lipinski definition) is 11. The number of fused-ring (bicyclic) bond motifs is 1. The number of nitrogens with zero attached hydrogens (tertiary/aromatic N) is 4. The normalized spacial score (nSPS) is 24.0. The zero-order valence-electron chi connectivity index (χ0n) is 21.9. The number of aliphatic hydroxyl groups is 1. The van der Waals surface area contributed by atoms with Crippen molar-refractivity contribution in [2.24, 2.45) is 0 Å². The number of rotatable bonds is 10. The van der Waals surface area contributed by atoms with Crippen molar-refractivity contribution < 1.29 is 33.0 Å². The van der Waals surface area contributed by atoms with Crippen molar-refractivity contribution >= 4 is 42.3 Å². The molecule has 1 aromatic carbocycles. The Morgan fingerprint density at radius 1 is 1.27 bits per heavy atom. The minimum absolute atomic E-state index is 0.0599. The molecule has 13 nitrogen and oxygen atoms in total. The van der Waals surface area contributed by atoms with Gasteiger partial charge in [0.2, 0.25) is 5.28 Å². The number of esters is 1. The largest absolute Gasteiger partial charge is 0.461 e. The Labute approximate surface area is 235 Å². The Morgan fingerprint density at radius 2 is 2.02 bits per heavy atom. The van der Waals surface area contributed by atoms with E-state index in [1.807, 2.05) is 0 Å². The van der Waals surface area contributed by atoms with Crippen molar-refractivity contribution in [3.8, 4) is 5.75 Å². The summed E-state index contributed by atoms with van der Waals surface area (Å²) in [4.78, 5) is 25.2. The molecule has 1 saturated heterocycles. The Balaban J connectivity index is 1.35. The molecular weight excluding hydrogens is 563 g/mol. The summed E-state index contributed by atoms with van der Waals surface area (Å²) in [6.45, 7) is 1.11. The number of halogens is 1. The van der Waals surface area contributed by atoms with E-state index in [1.54, 1.807) is 41.8 Å². The van der Waals surface area contributed by atoms with E-state index in [1.165, 1.54) is 6.33 Å². The number of imidazole rings is 1. The number of aliphatic hydroxyl groups excluding tert-OH is 1. The summed E-state index contributed by atoms with van der Waals surface area (Å²) in [7, 11) is -4.20. The molecule has 0 bridgehead atoms. The molecule has 216 valence electrons. The number of para-hydroxylation sites is 1. The van der Waals surface area contributed by atoms with E-state index >= 15 is 0 Å². The van der Waals surface area contributed by atoms with Crippen LogP contribution in [0, 0.1) is 0 Å². The number of nitrogen functional groups attached to an aromatic ring is 1. The van der Waals surface area contributed by atoms with Gasteiger partial charge >= 0.3 is 13.7 Å². The Bertz CT molecular complexity index is 1370. The lowest BCUT2D eigenvalue weighted by Crippen LogP contribution is -2.39. The lowest BCUT2D eigenvalue weighted by Gasteiger charge is -2.28. The number of hydrogen-bond donors (Lipinski definition) is 3. The van der Waals surface area contributed by atoms with Gasteiger partial charge in [-0.3, -0.25) is 13.9 Å². The maximum Gasteiger partial charge on any atom is 0.459 e. The van der Waals surface area contributed by atoms with Crippen LogP contribution in [-0.2, 0) is 23.4 Å². The van der Waals surface area contributed by atoms with E-state index < -0.39 is 44.8 Å². The molecule has 15 heteroatoms. The molecule has 0 radical (unpaired) electrons. The minimum Gasteiger partial charge on any atom is -0.461 e. The number of aromatic nitrogens is 4. The molecule has 4 N–H and O–H groups in total. The van der Waals surface area contributed by atoms with E-state index in [4.69, 9.17) is 35.9 Å². The molecule has 2 unspecified atom stereocenters. The van der Waals surface area contributed by atoms with E-state index in [0.29, 0.717) is 11.2 Å². The molecule has 1 aliphatic heterocycles. The number of carbonyl (C=O) groups is 1. The summed E-state index contributed by atoms with van der Waals surface area (Å²) in [5, 5.41) is 12.7. The summed E-state index contributed by atoms with van der Waals surface area (Å²) in [5.41, 5.74) is 6.59. The zero-order chi connectivity index (χ0) is 28.3. The highest BCUT2D eigenvalue weighted by molar-refractivity contribution is 7.52. The standard InChI is InChI=1S/C25H32ClN6O7P/c1-15(24(34)36-16-8-4-2-5-9-16)31-40(35,38-17-10-6-3-7-11-17)39-18-12-20(37-19(18)13-33)32-14-28-21-22(27)29-25(26)30-23(21)32/h3,6-7,10-11,14-16,18-20,33H,2,4-5,8-9,12-13H2,1H3,(H,31,35)(H2,27,29,30)/t15-,18?,19+,20+,40?/m0/s1. The molecule has 2 aromatic heterocycles. The van der Waals surface area contributed by atoms with Crippen LogP contribution in [0.1, 0.15) is 51.7 Å². The zero-order valence-corrected chi connectivity index (χ0v) is 23.5. The SMILES string of the molecule is C[C@H](NP(=O)(Oc1ccccc1)OC1C[C@H](n2cnc3c(N)nc(Cl)nc32)O[C@@H]1CO)C(=O)OC1CCCCC1. The van der Waals surface area contributed by atoms with E-state index in [9.17, 15) is 14.5 Å². The first kappa shape index (κ1) is 28.7. The van der Waals surface area contributed by atoms with Crippen molar-refractivity contribution in [3.05, 3.63) is 41.9 Å². The fourth-order valence-electron chi connectivity index (χ4n) is 4.88. The highest BCUT2D eigenvalue weighted by Gasteiger charge is 2.44. The summed E-state index contributed by atoms with van der Waals surface area (Å²) in [5.74, 6) is -0.174. The third-order valence-electron chi connectivity index (χ3n) is 6.88. The first-order valence-electron chi connectivity index (χ1n) is 13.2. The van der Waals surface area contributed by atoms with Gasteiger partial charge in [-0.25, -0.2) is 9.55 Å². The van der Waals surface area contributed by atoms with Crippen LogP contribution in [-0.4, -0.2) is 61.6 Å². The van der Waals surface area contributed by atoms with Gasteiger partial charge in [0.05, 0.1) is 12.9 Å². The van der Waals surface area contributed by atoms with Gasteiger partial charge in [0.15, 0.2) is 11.5 Å². The highest BCUT2D eigenvalue weighted by Crippen LogP contribution is 2.49. The second-order valence-electron chi connectivity index (χ2n) is 9.84. The first-order chi connectivity index (χ1) is 19.2. The predicted molar refractivity (Wildman–Crippen MR) is 145 cm³/mol. The lowest BCUT2D eigenvalue weighted by atomic mass is 9.98. The van der Waals surface area contributed by atoms with Crippen molar-refractivity contribution in [1.29, 1.82) is 0 Å². The lowest BCUT2D eigenvalue weighted by molar-refractivity contribution is -0.152. The monoisotopic (exact) mass is 594 g/mol.